The average Bonchev–Trinajstić information content (AvgIpc) is 2.66. The van der Waals surface area contributed by atoms with E-state index in [2.05, 4.69) is 42.1 Å². The normalized spacial score (nSPS) is 10.7. The van der Waals surface area contributed by atoms with Crippen LogP contribution in [0, 0.1) is 13.8 Å². The van der Waals surface area contributed by atoms with E-state index in [-0.39, 0.29) is 0 Å². The highest BCUT2D eigenvalue weighted by Gasteiger charge is 2.08. The average molecular weight is 282 g/mol. The lowest BCUT2D eigenvalue weighted by Crippen LogP contribution is -2.04. The molecule has 0 aliphatic heterocycles. The smallest absolute Gasteiger partial charge is 0.137 e. The SMILES string of the molecule is CCc1c(Cl)ncnc1NCc1cc(C)c(C)s1. The zero-order chi connectivity index (χ0) is 13.1. The molecule has 0 atom stereocenters. The van der Waals surface area contributed by atoms with Gasteiger partial charge in [-0.05, 0) is 31.9 Å². The Morgan fingerprint density at radius 2 is 2.11 bits per heavy atom. The van der Waals surface area contributed by atoms with Gasteiger partial charge in [0.1, 0.15) is 17.3 Å². The molecular formula is C13H16ClN3S. The van der Waals surface area contributed by atoms with E-state index in [1.54, 1.807) is 0 Å². The third-order valence-electron chi connectivity index (χ3n) is 2.89. The minimum absolute atomic E-state index is 0.536. The van der Waals surface area contributed by atoms with E-state index in [1.807, 2.05) is 11.3 Å². The van der Waals surface area contributed by atoms with Crippen LogP contribution < -0.4 is 5.32 Å². The molecule has 0 saturated carbocycles. The fraction of sp³-hybridized carbons (Fsp3) is 0.385. The topological polar surface area (TPSA) is 37.8 Å². The first kappa shape index (κ1) is 13.3. The highest BCUT2D eigenvalue weighted by Crippen LogP contribution is 2.24. The highest BCUT2D eigenvalue weighted by atomic mass is 35.5. The molecular weight excluding hydrogens is 266 g/mol. The Morgan fingerprint density at radius 1 is 1.33 bits per heavy atom. The van der Waals surface area contributed by atoms with Crippen LogP contribution in [0.1, 0.15) is 27.8 Å². The van der Waals surface area contributed by atoms with Crippen molar-refractivity contribution in [1.29, 1.82) is 0 Å². The summed E-state index contributed by atoms with van der Waals surface area (Å²) >= 11 is 7.86. The molecule has 0 aliphatic carbocycles. The summed E-state index contributed by atoms with van der Waals surface area (Å²) in [7, 11) is 0. The number of aryl methyl sites for hydroxylation is 2. The van der Waals surface area contributed by atoms with Gasteiger partial charge in [-0.2, -0.15) is 0 Å². The van der Waals surface area contributed by atoms with Gasteiger partial charge >= 0.3 is 0 Å². The quantitative estimate of drug-likeness (QED) is 0.862. The lowest BCUT2D eigenvalue weighted by molar-refractivity contribution is 1.02. The van der Waals surface area contributed by atoms with Gasteiger partial charge in [0, 0.05) is 15.3 Å². The van der Waals surface area contributed by atoms with E-state index in [1.165, 1.54) is 21.6 Å². The van der Waals surface area contributed by atoms with E-state index in [0.717, 1.165) is 24.3 Å². The van der Waals surface area contributed by atoms with Crippen LogP contribution in [0.2, 0.25) is 5.15 Å². The summed E-state index contributed by atoms with van der Waals surface area (Å²) in [6, 6.07) is 2.21. The molecule has 2 aromatic rings. The molecule has 2 rings (SSSR count). The minimum Gasteiger partial charge on any atom is -0.365 e. The standard InChI is InChI=1S/C13H16ClN3S/c1-4-11-12(14)16-7-17-13(11)15-6-10-5-8(2)9(3)18-10/h5,7H,4,6H2,1-3H3,(H,15,16,17). The Bertz CT molecular complexity index is 532. The minimum atomic E-state index is 0.536. The van der Waals surface area contributed by atoms with Crippen LogP contribution in [0.4, 0.5) is 5.82 Å². The Hall–Kier alpha value is -1.13. The molecule has 0 aromatic carbocycles. The Morgan fingerprint density at radius 3 is 2.72 bits per heavy atom. The van der Waals surface area contributed by atoms with Crippen molar-refractivity contribution in [3.8, 4) is 0 Å². The molecule has 0 spiro atoms. The molecule has 2 aromatic heterocycles. The summed E-state index contributed by atoms with van der Waals surface area (Å²) in [6.07, 6.45) is 2.32. The first-order valence-corrected chi connectivity index (χ1v) is 7.10. The van der Waals surface area contributed by atoms with Crippen LogP contribution >= 0.6 is 22.9 Å². The van der Waals surface area contributed by atoms with Crippen molar-refractivity contribution in [2.45, 2.75) is 33.7 Å². The monoisotopic (exact) mass is 281 g/mol. The molecule has 0 aliphatic rings. The summed E-state index contributed by atoms with van der Waals surface area (Å²) in [5.74, 6) is 0.834. The van der Waals surface area contributed by atoms with E-state index in [4.69, 9.17) is 11.6 Å². The molecule has 3 nitrogen and oxygen atoms in total. The van der Waals surface area contributed by atoms with Gasteiger partial charge in [0.05, 0.1) is 6.54 Å². The summed E-state index contributed by atoms with van der Waals surface area (Å²) < 4.78 is 0. The van der Waals surface area contributed by atoms with Crippen LogP contribution in [0.3, 0.4) is 0 Å². The van der Waals surface area contributed by atoms with Crippen molar-refractivity contribution in [3.05, 3.63) is 38.4 Å². The molecule has 0 saturated heterocycles. The van der Waals surface area contributed by atoms with Crippen molar-refractivity contribution in [2.24, 2.45) is 0 Å². The van der Waals surface area contributed by atoms with Crippen LogP contribution in [-0.2, 0) is 13.0 Å². The number of anilines is 1. The van der Waals surface area contributed by atoms with Gasteiger partial charge in [0.2, 0.25) is 0 Å². The van der Waals surface area contributed by atoms with Crippen molar-refractivity contribution >= 4 is 28.8 Å². The van der Waals surface area contributed by atoms with Crippen LogP contribution in [0.5, 0.6) is 0 Å². The number of halogens is 1. The molecule has 0 radical (unpaired) electrons. The van der Waals surface area contributed by atoms with Gasteiger partial charge in [0.25, 0.3) is 0 Å². The zero-order valence-electron chi connectivity index (χ0n) is 10.7. The number of hydrogen-bond donors (Lipinski definition) is 1. The molecule has 0 amide bonds. The second-order valence-electron chi connectivity index (χ2n) is 4.15. The molecule has 2 heterocycles. The number of aromatic nitrogens is 2. The summed E-state index contributed by atoms with van der Waals surface area (Å²) in [6.45, 7) is 7.10. The number of hydrogen-bond acceptors (Lipinski definition) is 4. The first-order valence-electron chi connectivity index (χ1n) is 5.91. The maximum Gasteiger partial charge on any atom is 0.137 e. The molecule has 0 unspecified atom stereocenters. The van der Waals surface area contributed by atoms with Gasteiger partial charge in [-0.3, -0.25) is 0 Å². The van der Waals surface area contributed by atoms with Crippen molar-refractivity contribution in [2.75, 3.05) is 5.32 Å². The fourth-order valence-corrected chi connectivity index (χ4v) is 3.02. The van der Waals surface area contributed by atoms with Crippen molar-refractivity contribution in [1.82, 2.24) is 9.97 Å². The molecule has 18 heavy (non-hydrogen) atoms. The Kier molecular flexibility index (Phi) is 4.19. The van der Waals surface area contributed by atoms with Gasteiger partial charge in [-0.25, -0.2) is 9.97 Å². The van der Waals surface area contributed by atoms with Crippen LogP contribution in [0.25, 0.3) is 0 Å². The summed E-state index contributed by atoms with van der Waals surface area (Å²) in [5.41, 5.74) is 2.32. The lowest BCUT2D eigenvalue weighted by Gasteiger charge is -2.09. The van der Waals surface area contributed by atoms with Gasteiger partial charge in [-0.1, -0.05) is 18.5 Å². The lowest BCUT2D eigenvalue weighted by atomic mass is 10.2. The molecule has 5 heteroatoms. The maximum absolute atomic E-state index is 6.05. The maximum atomic E-state index is 6.05. The number of nitrogens with one attached hydrogen (secondary N) is 1. The molecule has 0 fully saturated rings. The Balaban J connectivity index is 2.13. The van der Waals surface area contributed by atoms with E-state index in [9.17, 15) is 0 Å². The van der Waals surface area contributed by atoms with E-state index >= 15 is 0 Å². The van der Waals surface area contributed by atoms with Crippen LogP contribution in [-0.4, -0.2) is 9.97 Å². The van der Waals surface area contributed by atoms with Crippen molar-refractivity contribution in [3.63, 3.8) is 0 Å². The summed E-state index contributed by atoms with van der Waals surface area (Å²) in [4.78, 5) is 10.9. The molecule has 96 valence electrons. The third-order valence-corrected chi connectivity index (χ3v) is 4.37. The van der Waals surface area contributed by atoms with Gasteiger partial charge in [0.15, 0.2) is 0 Å². The Labute approximate surface area is 116 Å². The molecule has 0 bridgehead atoms. The first-order chi connectivity index (χ1) is 8.61. The van der Waals surface area contributed by atoms with Gasteiger partial charge in [-0.15, -0.1) is 11.3 Å². The molecule has 1 N–H and O–H groups in total. The summed E-state index contributed by atoms with van der Waals surface area (Å²) in [5, 5.41) is 3.87. The largest absolute Gasteiger partial charge is 0.365 e. The van der Waals surface area contributed by atoms with Crippen LogP contribution in [0.15, 0.2) is 12.4 Å². The number of rotatable bonds is 4. The van der Waals surface area contributed by atoms with E-state index in [0.29, 0.717) is 5.15 Å². The van der Waals surface area contributed by atoms with Gasteiger partial charge < -0.3 is 5.32 Å². The van der Waals surface area contributed by atoms with E-state index < -0.39 is 0 Å². The third kappa shape index (κ3) is 2.82. The highest BCUT2D eigenvalue weighted by molar-refractivity contribution is 7.12. The fourth-order valence-electron chi connectivity index (χ4n) is 1.76. The second kappa shape index (κ2) is 5.67. The second-order valence-corrected chi connectivity index (χ2v) is 5.85. The number of nitrogens with zero attached hydrogens (tertiary/aromatic N) is 2. The predicted octanol–water partition coefficient (Wildman–Crippen LogP) is 3.98. The zero-order valence-corrected chi connectivity index (χ0v) is 12.3. The van der Waals surface area contributed by atoms with Crippen molar-refractivity contribution < 1.29 is 0 Å². The number of thiophene rings is 1. The predicted molar refractivity (Wildman–Crippen MR) is 77.5 cm³/mol.